The second kappa shape index (κ2) is 7.53. The predicted molar refractivity (Wildman–Crippen MR) is 89.5 cm³/mol. The van der Waals surface area contributed by atoms with Crippen LogP contribution in [0.4, 0.5) is 10.3 Å². The molecule has 1 amide bonds. The van der Waals surface area contributed by atoms with Gasteiger partial charge in [-0.25, -0.2) is 22.8 Å². The number of benzene rings is 1. The van der Waals surface area contributed by atoms with E-state index in [2.05, 4.69) is 25.5 Å². The number of aromatic nitrogens is 2. The summed E-state index contributed by atoms with van der Waals surface area (Å²) in [4.78, 5) is 19.7. The van der Waals surface area contributed by atoms with E-state index in [9.17, 15) is 17.6 Å². The Morgan fingerprint density at radius 3 is 2.36 bits per heavy atom. The Morgan fingerprint density at radius 2 is 1.76 bits per heavy atom. The monoisotopic (exact) mass is 367 g/mol. The molecule has 0 unspecified atom stereocenters. The molecule has 25 heavy (non-hydrogen) atoms. The molecule has 0 saturated heterocycles. The number of carbonyl (C=O) groups is 1. The third-order valence-corrected chi connectivity index (χ3v) is 4.71. The van der Waals surface area contributed by atoms with Crippen molar-refractivity contribution in [3.05, 3.63) is 47.5 Å². The molecular formula is C15H18FN5O3S. The van der Waals surface area contributed by atoms with E-state index in [1.807, 2.05) is 0 Å². The highest BCUT2D eigenvalue weighted by molar-refractivity contribution is 7.89. The first-order chi connectivity index (χ1) is 11.7. The molecule has 8 nitrogen and oxygen atoms in total. The molecule has 10 heteroatoms. The van der Waals surface area contributed by atoms with Gasteiger partial charge in [0.15, 0.2) is 0 Å². The molecule has 2 rings (SSSR count). The number of hydrogen-bond acceptors (Lipinski definition) is 6. The van der Waals surface area contributed by atoms with Crippen molar-refractivity contribution in [1.82, 2.24) is 20.1 Å². The standard InChI is InChI=1S/C15H18FN5O3S/c1-9-8-10(2)18-15(17-9)20-19-14(22)11(3)21-25(23,24)13-7-5-4-6-12(13)16/h4-8,11,21H,1-3H3,(H,19,22)(H,17,18,20)/t11-/m1/s1. The quantitative estimate of drug-likeness (QED) is 0.658. The summed E-state index contributed by atoms with van der Waals surface area (Å²) in [5.41, 5.74) is 6.23. The molecule has 1 heterocycles. The van der Waals surface area contributed by atoms with Crippen molar-refractivity contribution in [2.24, 2.45) is 0 Å². The lowest BCUT2D eigenvalue weighted by Gasteiger charge is -2.15. The summed E-state index contributed by atoms with van der Waals surface area (Å²) >= 11 is 0. The van der Waals surface area contributed by atoms with E-state index < -0.39 is 32.7 Å². The van der Waals surface area contributed by atoms with Gasteiger partial charge in [-0.2, -0.15) is 4.72 Å². The number of amides is 1. The Bertz CT molecular complexity index is 868. The minimum absolute atomic E-state index is 0.176. The Morgan fingerprint density at radius 1 is 1.16 bits per heavy atom. The normalized spacial score (nSPS) is 12.5. The van der Waals surface area contributed by atoms with Crippen molar-refractivity contribution < 1.29 is 17.6 Å². The molecule has 134 valence electrons. The molecule has 0 radical (unpaired) electrons. The van der Waals surface area contributed by atoms with Gasteiger partial charge in [0.2, 0.25) is 16.0 Å². The van der Waals surface area contributed by atoms with E-state index in [4.69, 9.17) is 0 Å². The van der Waals surface area contributed by atoms with E-state index in [0.717, 1.165) is 12.1 Å². The maximum atomic E-state index is 13.6. The maximum Gasteiger partial charge on any atom is 0.256 e. The Balaban J connectivity index is 2.01. The highest BCUT2D eigenvalue weighted by Gasteiger charge is 2.24. The van der Waals surface area contributed by atoms with E-state index in [-0.39, 0.29) is 5.95 Å². The number of hydrazine groups is 1. The molecule has 3 N–H and O–H groups in total. The molecule has 0 fully saturated rings. The van der Waals surface area contributed by atoms with E-state index in [0.29, 0.717) is 11.4 Å². The third-order valence-electron chi connectivity index (χ3n) is 3.13. The van der Waals surface area contributed by atoms with Crippen LogP contribution in [-0.4, -0.2) is 30.3 Å². The first-order valence-electron chi connectivity index (χ1n) is 7.34. The van der Waals surface area contributed by atoms with Crippen molar-refractivity contribution in [3.8, 4) is 0 Å². The number of sulfonamides is 1. The van der Waals surface area contributed by atoms with Crippen molar-refractivity contribution in [2.45, 2.75) is 31.7 Å². The molecule has 1 atom stereocenters. The fourth-order valence-corrected chi connectivity index (χ4v) is 3.30. The molecular weight excluding hydrogens is 349 g/mol. The van der Waals surface area contributed by atoms with E-state index in [1.54, 1.807) is 19.9 Å². The number of anilines is 1. The number of nitrogens with zero attached hydrogens (tertiary/aromatic N) is 2. The van der Waals surface area contributed by atoms with Crippen LogP contribution >= 0.6 is 0 Å². The first kappa shape index (κ1) is 18.7. The van der Waals surface area contributed by atoms with E-state index >= 15 is 0 Å². The van der Waals surface area contributed by atoms with Crippen LogP contribution in [0.2, 0.25) is 0 Å². The molecule has 0 spiro atoms. The molecule has 2 aromatic rings. The number of nitrogens with one attached hydrogen (secondary N) is 3. The molecule has 0 saturated carbocycles. The summed E-state index contributed by atoms with van der Waals surface area (Å²) in [7, 11) is -4.18. The van der Waals surface area contributed by atoms with Gasteiger partial charge in [-0.05, 0) is 39.0 Å². The number of halogens is 1. The summed E-state index contributed by atoms with van der Waals surface area (Å²) in [6, 6.07) is 5.52. The van der Waals surface area contributed by atoms with Gasteiger partial charge >= 0.3 is 0 Å². The van der Waals surface area contributed by atoms with Crippen LogP contribution in [-0.2, 0) is 14.8 Å². The van der Waals surface area contributed by atoms with Crippen LogP contribution in [0.5, 0.6) is 0 Å². The predicted octanol–water partition coefficient (Wildman–Crippen LogP) is 1.04. The third kappa shape index (κ3) is 4.94. The van der Waals surface area contributed by atoms with Crippen molar-refractivity contribution in [3.63, 3.8) is 0 Å². The molecule has 0 aliphatic rings. The summed E-state index contributed by atoms with van der Waals surface area (Å²) in [5.74, 6) is -1.40. The van der Waals surface area contributed by atoms with Crippen LogP contribution in [0, 0.1) is 19.7 Å². The lowest BCUT2D eigenvalue weighted by molar-refractivity contribution is -0.121. The largest absolute Gasteiger partial charge is 0.271 e. The van der Waals surface area contributed by atoms with E-state index in [1.165, 1.54) is 19.1 Å². The van der Waals surface area contributed by atoms with Crippen LogP contribution in [0.25, 0.3) is 0 Å². The van der Waals surface area contributed by atoms with Gasteiger partial charge in [-0.15, -0.1) is 0 Å². The molecule has 0 bridgehead atoms. The second-order valence-electron chi connectivity index (χ2n) is 5.36. The Labute approximate surface area is 144 Å². The highest BCUT2D eigenvalue weighted by Crippen LogP contribution is 2.13. The van der Waals surface area contributed by atoms with Crippen molar-refractivity contribution in [2.75, 3.05) is 5.43 Å². The zero-order chi connectivity index (χ0) is 18.6. The Kier molecular flexibility index (Phi) is 5.65. The lowest BCUT2D eigenvalue weighted by atomic mass is 10.3. The minimum atomic E-state index is -4.18. The summed E-state index contributed by atoms with van der Waals surface area (Å²) in [6.45, 7) is 4.87. The average molecular weight is 367 g/mol. The number of carbonyl (C=O) groups excluding carboxylic acids is 1. The maximum absolute atomic E-state index is 13.6. The highest BCUT2D eigenvalue weighted by atomic mass is 32.2. The Hall–Kier alpha value is -2.59. The molecule has 0 aliphatic carbocycles. The lowest BCUT2D eigenvalue weighted by Crippen LogP contribution is -2.46. The molecule has 1 aromatic heterocycles. The van der Waals surface area contributed by atoms with Crippen molar-refractivity contribution >= 4 is 21.9 Å². The van der Waals surface area contributed by atoms with Gasteiger partial charge in [0.25, 0.3) is 5.91 Å². The zero-order valence-corrected chi connectivity index (χ0v) is 14.7. The smallest absolute Gasteiger partial charge is 0.256 e. The average Bonchev–Trinajstić information content (AvgIpc) is 2.51. The van der Waals surface area contributed by atoms with Gasteiger partial charge in [-0.1, -0.05) is 12.1 Å². The summed E-state index contributed by atoms with van der Waals surface area (Å²) in [5, 5.41) is 0. The molecule has 1 aromatic carbocycles. The summed E-state index contributed by atoms with van der Waals surface area (Å²) < 4.78 is 40.1. The van der Waals surface area contributed by atoms with Crippen LogP contribution in [0.15, 0.2) is 35.2 Å². The van der Waals surface area contributed by atoms with Gasteiger partial charge in [0.05, 0.1) is 6.04 Å². The topological polar surface area (TPSA) is 113 Å². The number of aryl methyl sites for hydroxylation is 2. The number of rotatable bonds is 6. The minimum Gasteiger partial charge on any atom is -0.271 e. The first-order valence-corrected chi connectivity index (χ1v) is 8.82. The van der Waals surface area contributed by atoms with Crippen LogP contribution in [0.1, 0.15) is 18.3 Å². The molecule has 0 aliphatic heterocycles. The van der Waals surface area contributed by atoms with Crippen molar-refractivity contribution in [1.29, 1.82) is 0 Å². The fourth-order valence-electron chi connectivity index (χ4n) is 2.02. The summed E-state index contributed by atoms with van der Waals surface area (Å²) in [6.07, 6.45) is 0. The van der Waals surface area contributed by atoms with Gasteiger partial charge in [0, 0.05) is 11.4 Å². The van der Waals surface area contributed by atoms with Gasteiger partial charge in [-0.3, -0.25) is 15.6 Å². The number of hydrogen-bond donors (Lipinski definition) is 3. The SMILES string of the molecule is Cc1cc(C)nc(NNC(=O)[C@@H](C)NS(=O)(=O)c2ccccc2F)n1. The van der Waals surface area contributed by atoms with Crippen LogP contribution in [0.3, 0.4) is 0 Å². The van der Waals surface area contributed by atoms with Gasteiger partial charge in [0.1, 0.15) is 10.7 Å². The second-order valence-corrected chi connectivity index (χ2v) is 7.04. The fraction of sp³-hybridized carbons (Fsp3) is 0.267. The zero-order valence-electron chi connectivity index (χ0n) is 13.9. The van der Waals surface area contributed by atoms with Crippen LogP contribution < -0.4 is 15.6 Å². The van der Waals surface area contributed by atoms with Gasteiger partial charge < -0.3 is 0 Å².